The average molecular weight is 294 g/mol. The molecule has 0 aliphatic heterocycles. The molecule has 2 aromatic heterocycles. The van der Waals surface area contributed by atoms with Gasteiger partial charge >= 0.3 is 0 Å². The van der Waals surface area contributed by atoms with E-state index >= 15 is 0 Å². The van der Waals surface area contributed by atoms with Crippen molar-refractivity contribution in [1.29, 1.82) is 0 Å². The normalized spacial score (nSPS) is 11.8. The lowest BCUT2D eigenvalue weighted by atomic mass is 9.94. The standard InChI is InChI=1S/C15H20ClN3O/c1-4-18(14(20)15(2,3)11-16)10-12-9-17-13-7-5-6-8-19(12)13/h5-9H,4,10-11H2,1-3H3. The van der Waals surface area contributed by atoms with Crippen molar-refractivity contribution < 1.29 is 4.79 Å². The lowest BCUT2D eigenvalue weighted by Gasteiger charge is -2.29. The number of hydrogen-bond donors (Lipinski definition) is 0. The van der Waals surface area contributed by atoms with Crippen LogP contribution >= 0.6 is 11.6 Å². The predicted molar refractivity (Wildman–Crippen MR) is 80.8 cm³/mol. The van der Waals surface area contributed by atoms with Gasteiger partial charge in [-0.25, -0.2) is 4.98 Å². The van der Waals surface area contributed by atoms with Crippen molar-refractivity contribution in [3.63, 3.8) is 0 Å². The molecule has 0 fully saturated rings. The van der Waals surface area contributed by atoms with Gasteiger partial charge in [-0.05, 0) is 32.9 Å². The Morgan fingerprint density at radius 3 is 2.85 bits per heavy atom. The van der Waals surface area contributed by atoms with E-state index in [0.717, 1.165) is 11.3 Å². The summed E-state index contributed by atoms with van der Waals surface area (Å²) in [5.74, 6) is 0.385. The minimum absolute atomic E-state index is 0.0703. The van der Waals surface area contributed by atoms with Gasteiger partial charge in [-0.2, -0.15) is 0 Å². The third-order valence-electron chi connectivity index (χ3n) is 3.43. The smallest absolute Gasteiger partial charge is 0.229 e. The third-order valence-corrected chi connectivity index (χ3v) is 4.10. The summed E-state index contributed by atoms with van der Waals surface area (Å²) >= 11 is 5.90. The van der Waals surface area contributed by atoms with Crippen LogP contribution in [0.3, 0.4) is 0 Å². The van der Waals surface area contributed by atoms with Gasteiger partial charge in [0.25, 0.3) is 0 Å². The molecule has 1 amide bonds. The van der Waals surface area contributed by atoms with Gasteiger partial charge in [0.2, 0.25) is 5.91 Å². The average Bonchev–Trinajstić information content (AvgIpc) is 2.87. The molecule has 0 radical (unpaired) electrons. The molecule has 0 aliphatic carbocycles. The van der Waals surface area contributed by atoms with Crippen LogP contribution in [0.25, 0.3) is 5.65 Å². The molecule has 0 bridgehead atoms. The molecule has 0 N–H and O–H groups in total. The number of nitrogens with zero attached hydrogens (tertiary/aromatic N) is 3. The molecule has 5 heteroatoms. The molecule has 0 spiro atoms. The molecule has 2 aromatic rings. The monoisotopic (exact) mass is 293 g/mol. The lowest BCUT2D eigenvalue weighted by molar-refractivity contribution is -0.139. The fraction of sp³-hybridized carbons (Fsp3) is 0.467. The van der Waals surface area contributed by atoms with E-state index in [1.165, 1.54) is 0 Å². The van der Waals surface area contributed by atoms with Crippen LogP contribution in [0.5, 0.6) is 0 Å². The number of hydrogen-bond acceptors (Lipinski definition) is 2. The molecule has 0 aliphatic rings. The van der Waals surface area contributed by atoms with Crippen molar-refractivity contribution in [2.45, 2.75) is 27.3 Å². The van der Waals surface area contributed by atoms with Crippen molar-refractivity contribution in [3.05, 3.63) is 36.3 Å². The minimum atomic E-state index is -0.544. The summed E-state index contributed by atoms with van der Waals surface area (Å²) in [6.45, 7) is 6.92. The molecule has 2 rings (SSSR count). The van der Waals surface area contributed by atoms with E-state index in [1.807, 2.05) is 60.7 Å². The summed E-state index contributed by atoms with van der Waals surface area (Å²) in [6.07, 6.45) is 3.78. The summed E-state index contributed by atoms with van der Waals surface area (Å²) in [7, 11) is 0. The Balaban J connectivity index is 2.24. The zero-order chi connectivity index (χ0) is 14.8. The van der Waals surface area contributed by atoms with Gasteiger partial charge in [0.1, 0.15) is 5.65 Å². The Labute approximate surface area is 124 Å². The summed E-state index contributed by atoms with van der Waals surface area (Å²) in [5.41, 5.74) is 1.35. The maximum Gasteiger partial charge on any atom is 0.229 e. The number of carbonyl (C=O) groups is 1. The zero-order valence-corrected chi connectivity index (χ0v) is 12.9. The van der Waals surface area contributed by atoms with Crippen molar-refractivity contribution in [2.75, 3.05) is 12.4 Å². The van der Waals surface area contributed by atoms with Crippen LogP contribution in [-0.4, -0.2) is 32.6 Å². The fourth-order valence-electron chi connectivity index (χ4n) is 2.11. The second-order valence-electron chi connectivity index (χ2n) is 5.52. The van der Waals surface area contributed by atoms with E-state index in [4.69, 9.17) is 11.6 Å². The fourth-order valence-corrected chi connectivity index (χ4v) is 2.22. The van der Waals surface area contributed by atoms with Crippen molar-refractivity contribution >= 4 is 23.2 Å². The van der Waals surface area contributed by atoms with E-state index in [0.29, 0.717) is 19.0 Å². The summed E-state index contributed by atoms with van der Waals surface area (Å²) in [4.78, 5) is 18.7. The Bertz CT molecular complexity index is 606. The topological polar surface area (TPSA) is 37.6 Å². The first kappa shape index (κ1) is 14.9. The van der Waals surface area contributed by atoms with Gasteiger partial charge in [0, 0.05) is 18.6 Å². The second-order valence-corrected chi connectivity index (χ2v) is 5.78. The van der Waals surface area contributed by atoms with Crippen LogP contribution < -0.4 is 0 Å². The highest BCUT2D eigenvalue weighted by molar-refractivity contribution is 6.19. The third kappa shape index (κ3) is 2.80. The molecule has 4 nitrogen and oxygen atoms in total. The Hall–Kier alpha value is -1.55. The quantitative estimate of drug-likeness (QED) is 0.795. The first-order chi connectivity index (χ1) is 9.49. The van der Waals surface area contributed by atoms with Gasteiger partial charge in [0.15, 0.2) is 0 Å². The number of alkyl halides is 1. The number of fused-ring (bicyclic) bond motifs is 1. The molecule has 0 aromatic carbocycles. The molecule has 2 heterocycles. The number of aromatic nitrogens is 2. The summed E-state index contributed by atoms with van der Waals surface area (Å²) < 4.78 is 2.00. The molecule has 0 atom stereocenters. The van der Waals surface area contributed by atoms with E-state index in [1.54, 1.807) is 0 Å². The van der Waals surface area contributed by atoms with Gasteiger partial charge in [-0.1, -0.05) is 6.07 Å². The second kappa shape index (κ2) is 5.83. The first-order valence-corrected chi connectivity index (χ1v) is 7.29. The Kier molecular flexibility index (Phi) is 4.33. The Morgan fingerprint density at radius 1 is 1.45 bits per heavy atom. The van der Waals surface area contributed by atoms with Crippen molar-refractivity contribution in [1.82, 2.24) is 14.3 Å². The van der Waals surface area contributed by atoms with Gasteiger partial charge in [0.05, 0.1) is 23.9 Å². The molecule has 0 saturated carbocycles. The number of pyridine rings is 1. The van der Waals surface area contributed by atoms with E-state index in [9.17, 15) is 4.79 Å². The van der Waals surface area contributed by atoms with E-state index < -0.39 is 5.41 Å². The number of halogens is 1. The van der Waals surface area contributed by atoms with E-state index in [2.05, 4.69) is 4.98 Å². The highest BCUT2D eigenvalue weighted by Crippen LogP contribution is 2.22. The minimum Gasteiger partial charge on any atom is -0.337 e. The van der Waals surface area contributed by atoms with Crippen LogP contribution in [0.2, 0.25) is 0 Å². The number of rotatable bonds is 5. The van der Waals surface area contributed by atoms with Crippen LogP contribution in [0.1, 0.15) is 26.5 Å². The Morgan fingerprint density at radius 2 is 2.20 bits per heavy atom. The predicted octanol–water partition coefficient (Wildman–Crippen LogP) is 2.95. The van der Waals surface area contributed by atoms with Crippen molar-refractivity contribution in [2.24, 2.45) is 5.41 Å². The molecule has 0 unspecified atom stereocenters. The van der Waals surface area contributed by atoms with Gasteiger partial charge < -0.3 is 9.30 Å². The molecular formula is C15H20ClN3O. The number of amides is 1. The maximum atomic E-state index is 12.5. The summed E-state index contributed by atoms with van der Waals surface area (Å²) in [6, 6.07) is 5.86. The molecule has 108 valence electrons. The SMILES string of the molecule is CCN(Cc1cnc2ccccn12)C(=O)C(C)(C)CCl. The van der Waals surface area contributed by atoms with E-state index in [-0.39, 0.29) is 5.91 Å². The van der Waals surface area contributed by atoms with Crippen LogP contribution in [0.15, 0.2) is 30.6 Å². The zero-order valence-electron chi connectivity index (χ0n) is 12.1. The number of imidazole rings is 1. The highest BCUT2D eigenvalue weighted by atomic mass is 35.5. The van der Waals surface area contributed by atoms with Gasteiger partial charge in [-0.3, -0.25) is 4.79 Å². The van der Waals surface area contributed by atoms with Gasteiger partial charge in [-0.15, -0.1) is 11.6 Å². The highest BCUT2D eigenvalue weighted by Gasteiger charge is 2.30. The lowest BCUT2D eigenvalue weighted by Crippen LogP contribution is -2.41. The summed E-state index contributed by atoms with van der Waals surface area (Å²) in [5, 5.41) is 0. The van der Waals surface area contributed by atoms with Crippen molar-refractivity contribution in [3.8, 4) is 0 Å². The molecular weight excluding hydrogens is 274 g/mol. The molecule has 0 saturated heterocycles. The maximum absolute atomic E-state index is 12.5. The largest absolute Gasteiger partial charge is 0.337 e. The first-order valence-electron chi connectivity index (χ1n) is 6.76. The van der Waals surface area contributed by atoms with Crippen LogP contribution in [-0.2, 0) is 11.3 Å². The molecule has 20 heavy (non-hydrogen) atoms. The van der Waals surface area contributed by atoms with Crippen LogP contribution in [0.4, 0.5) is 0 Å². The van der Waals surface area contributed by atoms with Crippen LogP contribution in [0, 0.1) is 5.41 Å². The number of carbonyl (C=O) groups excluding carboxylic acids is 1.